The second kappa shape index (κ2) is 11.1. The van der Waals surface area contributed by atoms with Crippen LogP contribution in [0.1, 0.15) is 56.3 Å². The molecule has 1 aliphatic heterocycles. The van der Waals surface area contributed by atoms with Crippen LogP contribution in [0.4, 0.5) is 5.69 Å². The van der Waals surface area contributed by atoms with Gasteiger partial charge in [0.25, 0.3) is 5.91 Å². The molecule has 2 amide bonds. The van der Waals surface area contributed by atoms with Crippen LogP contribution in [0.25, 0.3) is 0 Å². The molecule has 0 saturated heterocycles. The van der Waals surface area contributed by atoms with Crippen molar-refractivity contribution in [1.82, 2.24) is 9.80 Å². The number of likely N-dealkylation sites (N-methyl/N-ethyl adjacent to an activating group) is 2. The van der Waals surface area contributed by atoms with Crippen molar-refractivity contribution in [2.24, 2.45) is 11.8 Å². The second-order valence-electron chi connectivity index (χ2n) is 9.57. The lowest BCUT2D eigenvalue weighted by molar-refractivity contribution is -0.120. The fourth-order valence-corrected chi connectivity index (χ4v) is 4.64. The molecule has 32 heavy (non-hydrogen) atoms. The Morgan fingerprint density at radius 3 is 2.53 bits per heavy atom. The summed E-state index contributed by atoms with van der Waals surface area (Å²) in [6, 6.07) is 5.51. The Kier molecular flexibility index (Phi) is 8.54. The molecule has 0 unspecified atom stereocenters. The standard InChI is InChI=1S/C25H39N3O4/c1-17-14-27(3)18(2)16-32-22-13-20(26-24(29)19-9-7-6-8-10-19)11-12-21(22)25(30)28(4)15-23(17)31-5/h11-13,17-19,23H,6-10,14-16H2,1-5H3,(H,26,29)/t17-,18+,23+/m1/s1. The first-order chi connectivity index (χ1) is 15.3. The molecule has 3 rings (SSSR count). The highest BCUT2D eigenvalue weighted by molar-refractivity contribution is 5.98. The van der Waals surface area contributed by atoms with Crippen molar-refractivity contribution in [2.45, 2.75) is 58.1 Å². The molecule has 1 aliphatic carbocycles. The summed E-state index contributed by atoms with van der Waals surface area (Å²) in [6.45, 7) is 6.05. The summed E-state index contributed by atoms with van der Waals surface area (Å²) >= 11 is 0. The Hall–Kier alpha value is -2.12. The minimum Gasteiger partial charge on any atom is -0.491 e. The average Bonchev–Trinajstić information content (AvgIpc) is 2.80. The molecule has 1 aromatic rings. The highest BCUT2D eigenvalue weighted by Crippen LogP contribution is 2.29. The molecule has 1 heterocycles. The number of carbonyl (C=O) groups excluding carboxylic acids is 2. The summed E-state index contributed by atoms with van der Waals surface area (Å²) in [7, 11) is 5.58. The number of hydrogen-bond donors (Lipinski definition) is 1. The van der Waals surface area contributed by atoms with Crippen LogP contribution in [0.3, 0.4) is 0 Å². The van der Waals surface area contributed by atoms with Crippen LogP contribution in [0.15, 0.2) is 18.2 Å². The van der Waals surface area contributed by atoms with Gasteiger partial charge in [-0.05, 0) is 44.9 Å². The van der Waals surface area contributed by atoms with Crippen LogP contribution < -0.4 is 10.1 Å². The monoisotopic (exact) mass is 445 g/mol. The molecule has 3 atom stereocenters. The summed E-state index contributed by atoms with van der Waals surface area (Å²) in [5.41, 5.74) is 1.17. The van der Waals surface area contributed by atoms with Gasteiger partial charge in [-0.2, -0.15) is 0 Å². The van der Waals surface area contributed by atoms with Gasteiger partial charge in [-0.15, -0.1) is 0 Å². The minimum absolute atomic E-state index is 0.0588. The van der Waals surface area contributed by atoms with Crippen molar-refractivity contribution in [3.05, 3.63) is 23.8 Å². The smallest absolute Gasteiger partial charge is 0.257 e. The van der Waals surface area contributed by atoms with Crippen molar-refractivity contribution in [3.8, 4) is 5.75 Å². The second-order valence-corrected chi connectivity index (χ2v) is 9.57. The quantitative estimate of drug-likeness (QED) is 0.769. The van der Waals surface area contributed by atoms with Crippen molar-refractivity contribution in [3.63, 3.8) is 0 Å². The number of hydrogen-bond acceptors (Lipinski definition) is 5. The highest BCUT2D eigenvalue weighted by atomic mass is 16.5. The van der Waals surface area contributed by atoms with E-state index >= 15 is 0 Å². The van der Waals surface area contributed by atoms with Crippen molar-refractivity contribution in [1.29, 1.82) is 0 Å². The molecule has 7 heteroatoms. The molecule has 0 spiro atoms. The van der Waals surface area contributed by atoms with Crippen LogP contribution in [-0.4, -0.2) is 74.7 Å². The van der Waals surface area contributed by atoms with E-state index in [0.29, 0.717) is 30.2 Å². The van der Waals surface area contributed by atoms with Crippen LogP contribution in [0.2, 0.25) is 0 Å². The molecule has 1 N–H and O–H groups in total. The average molecular weight is 446 g/mol. The van der Waals surface area contributed by atoms with Gasteiger partial charge >= 0.3 is 0 Å². The molecule has 1 fully saturated rings. The largest absolute Gasteiger partial charge is 0.491 e. The molecular formula is C25H39N3O4. The van der Waals surface area contributed by atoms with Gasteiger partial charge in [0.15, 0.2) is 0 Å². The summed E-state index contributed by atoms with van der Waals surface area (Å²) < 4.78 is 11.9. The van der Waals surface area contributed by atoms with Crippen molar-refractivity contribution < 1.29 is 19.1 Å². The van der Waals surface area contributed by atoms with Gasteiger partial charge in [0.2, 0.25) is 5.91 Å². The van der Waals surface area contributed by atoms with Crippen molar-refractivity contribution in [2.75, 3.05) is 46.2 Å². The summed E-state index contributed by atoms with van der Waals surface area (Å²) in [5.74, 6) is 0.789. The number of benzene rings is 1. The lowest BCUT2D eigenvalue weighted by atomic mass is 9.88. The van der Waals surface area contributed by atoms with Crippen LogP contribution in [0.5, 0.6) is 5.75 Å². The number of ether oxygens (including phenoxy) is 2. The molecule has 2 aliphatic rings. The maximum Gasteiger partial charge on any atom is 0.257 e. The van der Waals surface area contributed by atoms with Gasteiger partial charge in [-0.25, -0.2) is 0 Å². The number of rotatable bonds is 3. The molecule has 178 valence electrons. The van der Waals surface area contributed by atoms with Gasteiger partial charge in [0, 0.05) is 51.0 Å². The molecule has 1 aromatic carbocycles. The van der Waals surface area contributed by atoms with Crippen molar-refractivity contribution >= 4 is 17.5 Å². The number of anilines is 1. The van der Waals surface area contributed by atoms with E-state index in [1.54, 1.807) is 37.3 Å². The SMILES string of the molecule is CO[C@H]1CN(C)C(=O)c2ccc(NC(=O)C3CCCCC3)cc2OC[C@H](C)N(C)C[C@H]1C. The zero-order valence-corrected chi connectivity index (χ0v) is 20.2. The zero-order chi connectivity index (χ0) is 23.3. The van der Waals surface area contributed by atoms with Crippen LogP contribution in [-0.2, 0) is 9.53 Å². The van der Waals surface area contributed by atoms with Gasteiger partial charge in [-0.3, -0.25) is 14.5 Å². The summed E-state index contributed by atoms with van der Waals surface area (Å²) in [4.78, 5) is 29.9. The predicted octanol–water partition coefficient (Wildman–Crippen LogP) is 3.64. The zero-order valence-electron chi connectivity index (χ0n) is 20.2. The number of carbonyl (C=O) groups is 2. The lowest BCUT2D eigenvalue weighted by Crippen LogP contribution is -2.45. The number of nitrogens with one attached hydrogen (secondary N) is 1. The predicted molar refractivity (Wildman–Crippen MR) is 126 cm³/mol. The van der Waals surface area contributed by atoms with Crippen LogP contribution in [0, 0.1) is 11.8 Å². The third kappa shape index (κ3) is 6.01. The Labute approximate surface area is 192 Å². The maximum atomic E-state index is 13.2. The van der Waals surface area contributed by atoms with Gasteiger partial charge in [-0.1, -0.05) is 26.2 Å². The first-order valence-electron chi connectivity index (χ1n) is 11.9. The first-order valence-corrected chi connectivity index (χ1v) is 11.9. The number of fused-ring (bicyclic) bond motifs is 1. The number of nitrogens with zero attached hydrogens (tertiary/aromatic N) is 2. The summed E-state index contributed by atoms with van der Waals surface area (Å²) in [5, 5.41) is 3.04. The Bertz CT molecular complexity index is 793. The Morgan fingerprint density at radius 2 is 1.84 bits per heavy atom. The molecule has 0 aromatic heterocycles. The Balaban J connectivity index is 1.84. The Morgan fingerprint density at radius 1 is 1.12 bits per heavy atom. The van der Waals surface area contributed by atoms with E-state index < -0.39 is 0 Å². The number of methoxy groups -OCH3 is 1. The van der Waals surface area contributed by atoms with Gasteiger partial charge in [0.05, 0.1) is 11.7 Å². The molecule has 7 nitrogen and oxygen atoms in total. The van der Waals surface area contributed by atoms with E-state index in [-0.39, 0.29) is 35.8 Å². The van der Waals surface area contributed by atoms with Gasteiger partial charge in [0.1, 0.15) is 12.4 Å². The molecular weight excluding hydrogens is 406 g/mol. The van der Waals surface area contributed by atoms with Crippen LogP contribution >= 0.6 is 0 Å². The summed E-state index contributed by atoms with van der Waals surface area (Å²) in [6.07, 6.45) is 5.26. The van der Waals surface area contributed by atoms with E-state index in [4.69, 9.17) is 9.47 Å². The fraction of sp³-hybridized carbons (Fsp3) is 0.680. The maximum absolute atomic E-state index is 13.2. The molecule has 0 radical (unpaired) electrons. The first kappa shape index (κ1) is 24.5. The lowest BCUT2D eigenvalue weighted by Gasteiger charge is -2.34. The number of amides is 2. The molecule has 1 saturated carbocycles. The topological polar surface area (TPSA) is 71.1 Å². The van der Waals surface area contributed by atoms with E-state index in [9.17, 15) is 9.59 Å². The normalized spacial score (nSPS) is 26.5. The third-order valence-corrected chi connectivity index (χ3v) is 7.00. The fourth-order valence-electron chi connectivity index (χ4n) is 4.64. The van der Waals surface area contributed by atoms with E-state index in [1.807, 2.05) is 0 Å². The highest BCUT2D eigenvalue weighted by Gasteiger charge is 2.27. The third-order valence-electron chi connectivity index (χ3n) is 7.00. The van der Waals surface area contributed by atoms with E-state index in [1.165, 1.54) is 6.42 Å². The van der Waals surface area contributed by atoms with Gasteiger partial charge < -0.3 is 19.7 Å². The van der Waals surface area contributed by atoms with E-state index in [2.05, 4.69) is 31.1 Å². The van der Waals surface area contributed by atoms with E-state index in [0.717, 1.165) is 32.2 Å². The minimum atomic E-state index is -0.110. The molecule has 0 bridgehead atoms.